The van der Waals surface area contributed by atoms with Crippen molar-refractivity contribution < 1.29 is 9.59 Å². The van der Waals surface area contributed by atoms with Crippen LogP contribution in [0.5, 0.6) is 0 Å². The molecule has 1 aromatic carbocycles. The number of carbonyl (C=O) groups is 2. The second-order valence-corrected chi connectivity index (χ2v) is 11.6. The SMILES string of the molecule is Cn1c(SCC(=O)Nc2ccc(C(N)=O)cc2)nnc1-c1cc2c(s1)CCC(C(C)(C)C)C2. The molecule has 3 N–H and O–H groups in total. The van der Waals surface area contributed by atoms with Crippen LogP contribution in [0.4, 0.5) is 5.69 Å². The van der Waals surface area contributed by atoms with E-state index in [0.717, 1.165) is 23.5 Å². The largest absolute Gasteiger partial charge is 0.366 e. The Morgan fingerprint density at radius 3 is 2.64 bits per heavy atom. The fraction of sp³-hybridized carbons (Fsp3) is 0.417. The topological polar surface area (TPSA) is 103 Å². The number of nitrogens with one attached hydrogen (secondary N) is 1. The molecule has 7 nitrogen and oxygen atoms in total. The summed E-state index contributed by atoms with van der Waals surface area (Å²) in [6.07, 6.45) is 3.48. The average Bonchev–Trinajstić information content (AvgIpc) is 3.34. The average molecular weight is 484 g/mol. The molecule has 0 saturated carbocycles. The predicted octanol–water partition coefficient (Wildman–Crippen LogP) is 4.52. The summed E-state index contributed by atoms with van der Waals surface area (Å²) in [7, 11) is 1.94. The number of anilines is 1. The molecule has 1 aliphatic carbocycles. The molecule has 0 bridgehead atoms. The molecular formula is C24H29N5O2S2. The van der Waals surface area contributed by atoms with Gasteiger partial charge in [0.15, 0.2) is 11.0 Å². The van der Waals surface area contributed by atoms with Crippen LogP contribution < -0.4 is 11.1 Å². The summed E-state index contributed by atoms with van der Waals surface area (Å²) in [5.41, 5.74) is 8.02. The van der Waals surface area contributed by atoms with Crippen molar-refractivity contribution in [2.75, 3.05) is 11.1 Å². The molecule has 33 heavy (non-hydrogen) atoms. The van der Waals surface area contributed by atoms with Gasteiger partial charge in [0, 0.05) is 23.2 Å². The molecule has 174 valence electrons. The Kier molecular flexibility index (Phi) is 6.63. The minimum atomic E-state index is -0.498. The highest BCUT2D eigenvalue weighted by Gasteiger charge is 2.30. The Hall–Kier alpha value is -2.65. The zero-order valence-corrected chi connectivity index (χ0v) is 21.0. The van der Waals surface area contributed by atoms with Crippen molar-refractivity contribution in [3.8, 4) is 10.7 Å². The fourth-order valence-corrected chi connectivity index (χ4v) is 6.01. The quantitative estimate of drug-likeness (QED) is 0.502. The number of hydrogen-bond acceptors (Lipinski definition) is 6. The Morgan fingerprint density at radius 1 is 1.24 bits per heavy atom. The Balaban J connectivity index is 1.39. The van der Waals surface area contributed by atoms with E-state index in [1.807, 2.05) is 23.0 Å². The van der Waals surface area contributed by atoms with E-state index in [0.29, 0.717) is 27.7 Å². The number of nitrogens with two attached hydrogens (primary N) is 1. The molecule has 0 fully saturated rings. The van der Waals surface area contributed by atoms with Crippen molar-refractivity contribution in [3.05, 3.63) is 46.3 Å². The van der Waals surface area contributed by atoms with Gasteiger partial charge >= 0.3 is 0 Å². The number of thioether (sulfide) groups is 1. The maximum Gasteiger partial charge on any atom is 0.248 e. The van der Waals surface area contributed by atoms with Crippen molar-refractivity contribution in [2.24, 2.45) is 24.1 Å². The van der Waals surface area contributed by atoms with Crippen molar-refractivity contribution in [2.45, 2.75) is 45.2 Å². The minimum Gasteiger partial charge on any atom is -0.366 e. The van der Waals surface area contributed by atoms with Gasteiger partial charge in [0.1, 0.15) is 0 Å². The number of aryl methyl sites for hydroxylation is 1. The lowest BCUT2D eigenvalue weighted by atomic mass is 9.72. The van der Waals surface area contributed by atoms with Gasteiger partial charge in [-0.3, -0.25) is 9.59 Å². The number of hydrogen-bond donors (Lipinski definition) is 2. The maximum absolute atomic E-state index is 12.4. The van der Waals surface area contributed by atoms with Gasteiger partial charge in [-0.15, -0.1) is 21.5 Å². The van der Waals surface area contributed by atoms with Crippen molar-refractivity contribution in [3.63, 3.8) is 0 Å². The molecule has 0 radical (unpaired) electrons. The summed E-state index contributed by atoms with van der Waals surface area (Å²) in [6.45, 7) is 6.98. The first-order valence-electron chi connectivity index (χ1n) is 11.0. The number of amides is 2. The van der Waals surface area contributed by atoms with Gasteiger partial charge in [0.2, 0.25) is 11.8 Å². The molecule has 4 rings (SSSR count). The van der Waals surface area contributed by atoms with E-state index in [1.54, 1.807) is 24.3 Å². The molecule has 1 aliphatic rings. The van der Waals surface area contributed by atoms with Crippen LogP contribution in [-0.4, -0.2) is 32.3 Å². The second kappa shape index (κ2) is 9.30. The maximum atomic E-state index is 12.4. The fourth-order valence-electron chi connectivity index (χ4n) is 4.07. The van der Waals surface area contributed by atoms with Crippen LogP contribution in [0.3, 0.4) is 0 Å². The molecule has 0 saturated heterocycles. The van der Waals surface area contributed by atoms with Crippen LogP contribution in [0.2, 0.25) is 0 Å². The third kappa shape index (κ3) is 5.30. The number of aromatic nitrogens is 3. The molecule has 2 heterocycles. The number of benzene rings is 1. The first-order valence-corrected chi connectivity index (χ1v) is 12.8. The van der Waals surface area contributed by atoms with Crippen LogP contribution in [-0.2, 0) is 24.7 Å². The summed E-state index contributed by atoms with van der Waals surface area (Å²) >= 11 is 3.16. The molecule has 0 aliphatic heterocycles. The molecule has 1 unspecified atom stereocenters. The zero-order chi connectivity index (χ0) is 23.8. The monoisotopic (exact) mass is 483 g/mol. The van der Waals surface area contributed by atoms with Crippen molar-refractivity contribution in [1.29, 1.82) is 0 Å². The molecule has 9 heteroatoms. The molecule has 0 spiro atoms. The normalized spacial score (nSPS) is 15.8. The lowest BCUT2D eigenvalue weighted by Gasteiger charge is -2.33. The van der Waals surface area contributed by atoms with Crippen molar-refractivity contribution >= 4 is 40.6 Å². The Morgan fingerprint density at radius 2 is 1.97 bits per heavy atom. The summed E-state index contributed by atoms with van der Waals surface area (Å²) in [5.74, 6) is 1.09. The highest BCUT2D eigenvalue weighted by molar-refractivity contribution is 7.99. The van der Waals surface area contributed by atoms with E-state index >= 15 is 0 Å². The number of thiophene rings is 1. The van der Waals surface area contributed by atoms with Crippen LogP contribution in [0.1, 0.15) is 48.0 Å². The molecule has 3 aromatic rings. The third-order valence-electron chi connectivity index (χ3n) is 6.15. The minimum absolute atomic E-state index is 0.156. The summed E-state index contributed by atoms with van der Waals surface area (Å²) in [5, 5.41) is 12.2. The highest BCUT2D eigenvalue weighted by atomic mass is 32.2. The van der Waals surface area contributed by atoms with Crippen LogP contribution in [0, 0.1) is 11.3 Å². The van der Waals surface area contributed by atoms with Gasteiger partial charge in [-0.25, -0.2) is 0 Å². The Labute approximate surface area is 202 Å². The van der Waals surface area contributed by atoms with Crippen LogP contribution in [0.15, 0.2) is 35.5 Å². The lowest BCUT2D eigenvalue weighted by molar-refractivity contribution is -0.113. The van der Waals surface area contributed by atoms with E-state index in [2.05, 4.69) is 42.4 Å². The van der Waals surface area contributed by atoms with Crippen molar-refractivity contribution in [1.82, 2.24) is 14.8 Å². The lowest BCUT2D eigenvalue weighted by Crippen LogP contribution is -2.26. The van der Waals surface area contributed by atoms with E-state index in [9.17, 15) is 9.59 Å². The van der Waals surface area contributed by atoms with E-state index < -0.39 is 5.91 Å². The zero-order valence-electron chi connectivity index (χ0n) is 19.3. The number of fused-ring (bicyclic) bond motifs is 1. The Bertz CT molecular complexity index is 1170. The number of nitrogens with zero attached hydrogens (tertiary/aromatic N) is 3. The smallest absolute Gasteiger partial charge is 0.248 e. The summed E-state index contributed by atoms with van der Waals surface area (Å²) in [4.78, 5) is 26.1. The number of rotatable bonds is 6. The standard InChI is InChI=1S/C24H29N5O2S2/c1-24(2,3)16-7-10-18-15(11-16)12-19(33-18)22-27-28-23(29(22)4)32-13-20(30)26-17-8-5-14(6-9-17)21(25)31/h5-6,8-9,12,16H,7,10-11,13H2,1-4H3,(H2,25,31)(H,26,30). The first-order chi connectivity index (χ1) is 15.6. The molecule has 1 atom stereocenters. The van der Waals surface area contributed by atoms with E-state index in [1.165, 1.54) is 28.6 Å². The highest BCUT2D eigenvalue weighted by Crippen LogP contribution is 2.42. The summed E-state index contributed by atoms with van der Waals surface area (Å²) in [6, 6.07) is 8.77. The summed E-state index contributed by atoms with van der Waals surface area (Å²) < 4.78 is 1.96. The molecule has 2 amide bonds. The third-order valence-corrected chi connectivity index (χ3v) is 8.40. The van der Waals surface area contributed by atoms with Gasteiger partial charge in [-0.05, 0) is 66.5 Å². The van der Waals surface area contributed by atoms with E-state index in [-0.39, 0.29) is 11.7 Å². The van der Waals surface area contributed by atoms with Crippen LogP contribution in [0.25, 0.3) is 10.7 Å². The van der Waals surface area contributed by atoms with Gasteiger partial charge in [0.05, 0.1) is 10.6 Å². The number of carbonyl (C=O) groups excluding carboxylic acids is 2. The second-order valence-electron chi connectivity index (χ2n) is 9.51. The van der Waals surface area contributed by atoms with Gasteiger partial charge in [0.25, 0.3) is 0 Å². The predicted molar refractivity (Wildman–Crippen MR) is 134 cm³/mol. The number of primary amides is 1. The van der Waals surface area contributed by atoms with E-state index in [4.69, 9.17) is 5.73 Å². The van der Waals surface area contributed by atoms with Gasteiger partial charge in [-0.1, -0.05) is 32.5 Å². The molecule has 2 aromatic heterocycles. The van der Waals surface area contributed by atoms with Gasteiger partial charge in [-0.2, -0.15) is 0 Å². The first kappa shape index (κ1) is 23.5. The van der Waals surface area contributed by atoms with Gasteiger partial charge < -0.3 is 15.6 Å². The molecular weight excluding hydrogens is 454 g/mol. The van der Waals surface area contributed by atoms with Crippen LogP contribution >= 0.6 is 23.1 Å².